The number of halogens is 1. The van der Waals surface area contributed by atoms with Crippen LogP contribution in [0.5, 0.6) is 0 Å². The summed E-state index contributed by atoms with van der Waals surface area (Å²) in [4.78, 5) is 11.8. The Morgan fingerprint density at radius 1 is 1.36 bits per heavy atom. The highest BCUT2D eigenvalue weighted by Crippen LogP contribution is 2.42. The highest BCUT2D eigenvalue weighted by atomic mass is 35.5. The Labute approximate surface area is 86.7 Å². The minimum absolute atomic E-state index is 0.121. The lowest BCUT2D eigenvalue weighted by molar-refractivity contribution is -0.0846. The van der Waals surface area contributed by atoms with Crippen molar-refractivity contribution >= 4 is 17.5 Å². The normalized spacial score (nSPS) is 19.0. The molecule has 14 heavy (non-hydrogen) atoms. The van der Waals surface area contributed by atoms with Gasteiger partial charge in [-0.15, -0.1) is 0 Å². The highest BCUT2D eigenvalue weighted by molar-refractivity contribution is 6.28. The van der Waals surface area contributed by atoms with Gasteiger partial charge in [-0.2, -0.15) is 15.0 Å². The monoisotopic (exact) mass is 214 g/mol. The maximum Gasteiger partial charge on any atom is 0.227 e. The molecular formula is C8H11ClN4O. The molecule has 0 bridgehead atoms. The molecule has 0 saturated heterocycles. The standard InChI is InChI=1S/C8H11ClN4O/c1-14-8(3-2-4-8)5-11-6(9)13-7(10)12-5/h2-4H2,1H3,(H2,10,11,12,13). The summed E-state index contributed by atoms with van der Waals surface area (Å²) in [7, 11) is 1.65. The maximum atomic E-state index is 5.70. The number of nitrogen functional groups attached to an aromatic ring is 1. The van der Waals surface area contributed by atoms with E-state index in [1.165, 1.54) is 0 Å². The van der Waals surface area contributed by atoms with Crippen molar-refractivity contribution in [1.29, 1.82) is 0 Å². The molecule has 0 atom stereocenters. The highest BCUT2D eigenvalue weighted by Gasteiger charge is 2.42. The zero-order valence-electron chi connectivity index (χ0n) is 7.83. The van der Waals surface area contributed by atoms with Crippen LogP contribution >= 0.6 is 11.6 Å². The molecule has 0 radical (unpaired) electrons. The molecule has 1 aromatic heterocycles. The third kappa shape index (κ3) is 1.42. The molecule has 2 N–H and O–H groups in total. The van der Waals surface area contributed by atoms with E-state index in [1.807, 2.05) is 0 Å². The molecule has 0 aliphatic heterocycles. The average Bonchev–Trinajstić information content (AvgIpc) is 2.01. The summed E-state index contributed by atoms with van der Waals surface area (Å²) >= 11 is 5.70. The van der Waals surface area contributed by atoms with Crippen LogP contribution < -0.4 is 5.73 Å². The van der Waals surface area contributed by atoms with Gasteiger partial charge in [0.15, 0.2) is 5.82 Å². The molecule has 1 heterocycles. The van der Waals surface area contributed by atoms with Crippen LogP contribution in [0.2, 0.25) is 5.28 Å². The van der Waals surface area contributed by atoms with Gasteiger partial charge in [-0.1, -0.05) is 0 Å². The summed E-state index contributed by atoms with van der Waals surface area (Å²) in [6.07, 6.45) is 2.92. The van der Waals surface area contributed by atoms with E-state index in [1.54, 1.807) is 7.11 Å². The van der Waals surface area contributed by atoms with Crippen LogP contribution in [0.25, 0.3) is 0 Å². The second-order valence-corrected chi connectivity index (χ2v) is 3.68. The van der Waals surface area contributed by atoms with Gasteiger partial charge < -0.3 is 10.5 Å². The van der Waals surface area contributed by atoms with Crippen molar-refractivity contribution in [3.05, 3.63) is 11.1 Å². The number of nitrogens with two attached hydrogens (primary N) is 1. The SMILES string of the molecule is COC1(c2nc(N)nc(Cl)n2)CCC1. The van der Waals surface area contributed by atoms with E-state index >= 15 is 0 Å². The van der Waals surface area contributed by atoms with Crippen molar-refractivity contribution in [2.24, 2.45) is 0 Å². The summed E-state index contributed by atoms with van der Waals surface area (Å²) in [5.74, 6) is 0.687. The van der Waals surface area contributed by atoms with Crippen LogP contribution in [0.3, 0.4) is 0 Å². The van der Waals surface area contributed by atoms with Crippen LogP contribution in [0.4, 0.5) is 5.95 Å². The molecule has 1 aliphatic carbocycles. The van der Waals surface area contributed by atoms with E-state index in [9.17, 15) is 0 Å². The summed E-state index contributed by atoms with van der Waals surface area (Å²) in [5, 5.41) is 0.121. The van der Waals surface area contributed by atoms with Gasteiger partial charge in [0.2, 0.25) is 11.2 Å². The van der Waals surface area contributed by atoms with E-state index < -0.39 is 0 Å². The smallest absolute Gasteiger partial charge is 0.227 e. The van der Waals surface area contributed by atoms with Crippen molar-refractivity contribution in [2.45, 2.75) is 24.9 Å². The number of nitrogens with zero attached hydrogens (tertiary/aromatic N) is 3. The predicted octanol–water partition coefficient (Wildman–Crippen LogP) is 1.13. The van der Waals surface area contributed by atoms with Crippen LogP contribution in [0, 0.1) is 0 Å². The van der Waals surface area contributed by atoms with Gasteiger partial charge in [0.05, 0.1) is 0 Å². The van der Waals surface area contributed by atoms with E-state index in [0.717, 1.165) is 19.3 Å². The van der Waals surface area contributed by atoms with Gasteiger partial charge in [0, 0.05) is 7.11 Å². The predicted molar refractivity (Wildman–Crippen MR) is 51.8 cm³/mol. The van der Waals surface area contributed by atoms with E-state index in [2.05, 4.69) is 15.0 Å². The largest absolute Gasteiger partial charge is 0.370 e. The van der Waals surface area contributed by atoms with Crippen molar-refractivity contribution in [3.63, 3.8) is 0 Å². The topological polar surface area (TPSA) is 73.9 Å². The van der Waals surface area contributed by atoms with Gasteiger partial charge in [-0.05, 0) is 30.9 Å². The zero-order valence-corrected chi connectivity index (χ0v) is 8.58. The summed E-state index contributed by atoms with van der Waals surface area (Å²) in [5.41, 5.74) is 5.10. The first-order valence-electron chi connectivity index (χ1n) is 4.39. The molecular weight excluding hydrogens is 204 g/mol. The summed E-state index contributed by atoms with van der Waals surface area (Å²) in [6.45, 7) is 0. The van der Waals surface area contributed by atoms with Crippen molar-refractivity contribution in [3.8, 4) is 0 Å². The number of aromatic nitrogens is 3. The Bertz CT molecular complexity index is 327. The molecule has 0 aromatic carbocycles. The lowest BCUT2D eigenvalue weighted by Gasteiger charge is -2.38. The van der Waals surface area contributed by atoms with Gasteiger partial charge >= 0.3 is 0 Å². The van der Waals surface area contributed by atoms with Crippen LogP contribution in [0.1, 0.15) is 25.1 Å². The van der Waals surface area contributed by atoms with Crippen LogP contribution in [-0.4, -0.2) is 22.1 Å². The molecule has 1 saturated carbocycles. The number of rotatable bonds is 2. The Morgan fingerprint density at radius 3 is 2.50 bits per heavy atom. The molecule has 5 nitrogen and oxygen atoms in total. The Hall–Kier alpha value is -0.940. The zero-order chi connectivity index (χ0) is 10.2. The third-order valence-corrected chi connectivity index (χ3v) is 2.75. The van der Waals surface area contributed by atoms with Gasteiger partial charge in [0.25, 0.3) is 0 Å². The lowest BCUT2D eigenvalue weighted by Crippen LogP contribution is -2.38. The fraction of sp³-hybridized carbons (Fsp3) is 0.625. The molecule has 2 rings (SSSR count). The molecule has 1 aliphatic rings. The first-order valence-corrected chi connectivity index (χ1v) is 4.77. The van der Waals surface area contributed by atoms with Crippen molar-refractivity contribution in [2.75, 3.05) is 12.8 Å². The molecule has 0 spiro atoms. The second-order valence-electron chi connectivity index (χ2n) is 3.34. The van der Waals surface area contributed by atoms with E-state index in [4.69, 9.17) is 22.1 Å². The quantitative estimate of drug-likeness (QED) is 0.799. The summed E-state index contributed by atoms with van der Waals surface area (Å²) < 4.78 is 5.40. The molecule has 0 amide bonds. The molecule has 76 valence electrons. The Balaban J connectivity index is 2.39. The van der Waals surface area contributed by atoms with E-state index in [-0.39, 0.29) is 16.8 Å². The fourth-order valence-electron chi connectivity index (χ4n) is 1.59. The lowest BCUT2D eigenvalue weighted by atomic mass is 9.79. The average molecular weight is 215 g/mol. The minimum atomic E-state index is -0.388. The number of hydrogen-bond acceptors (Lipinski definition) is 5. The van der Waals surface area contributed by atoms with Crippen molar-refractivity contribution in [1.82, 2.24) is 15.0 Å². The van der Waals surface area contributed by atoms with Crippen molar-refractivity contribution < 1.29 is 4.74 Å². The van der Waals surface area contributed by atoms with Crippen LogP contribution in [0.15, 0.2) is 0 Å². The van der Waals surface area contributed by atoms with Gasteiger partial charge in [-0.3, -0.25) is 0 Å². The number of ether oxygens (including phenoxy) is 1. The van der Waals surface area contributed by atoms with E-state index in [0.29, 0.717) is 5.82 Å². The first-order chi connectivity index (χ1) is 6.66. The Morgan fingerprint density at radius 2 is 2.07 bits per heavy atom. The number of anilines is 1. The fourth-order valence-corrected chi connectivity index (χ4v) is 1.75. The minimum Gasteiger partial charge on any atom is -0.370 e. The van der Waals surface area contributed by atoms with Gasteiger partial charge in [0.1, 0.15) is 5.60 Å². The second kappa shape index (κ2) is 3.33. The number of hydrogen-bond donors (Lipinski definition) is 1. The summed E-state index contributed by atoms with van der Waals surface area (Å²) in [6, 6.07) is 0. The number of methoxy groups -OCH3 is 1. The maximum absolute atomic E-state index is 5.70. The Kier molecular flexibility index (Phi) is 2.28. The molecule has 1 aromatic rings. The first kappa shape index (κ1) is 9.61. The third-order valence-electron chi connectivity index (χ3n) is 2.58. The molecule has 0 unspecified atom stereocenters. The van der Waals surface area contributed by atoms with Crippen LogP contribution in [-0.2, 0) is 10.3 Å². The molecule has 1 fully saturated rings. The molecule has 6 heteroatoms. The van der Waals surface area contributed by atoms with Gasteiger partial charge in [-0.25, -0.2) is 0 Å².